The topological polar surface area (TPSA) is 52.9 Å². The average Bonchev–Trinajstić information content (AvgIpc) is 2.33. The number of hydrogen-bond donors (Lipinski definition) is 1. The van der Waals surface area contributed by atoms with Crippen LogP contribution in [0.4, 0.5) is 5.69 Å². The van der Waals surface area contributed by atoms with E-state index in [1.54, 1.807) is 0 Å². The average molecular weight is 234 g/mol. The van der Waals surface area contributed by atoms with Gasteiger partial charge in [-0.3, -0.25) is 4.21 Å². The lowest BCUT2D eigenvalue weighted by atomic mass is 10.1. The molecule has 84 valence electrons. The van der Waals surface area contributed by atoms with Crippen LogP contribution in [0.15, 0.2) is 24.3 Å². The lowest BCUT2D eigenvalue weighted by Gasteiger charge is -2.23. The fourth-order valence-electron chi connectivity index (χ4n) is 1.81. The maximum absolute atomic E-state index is 11.2. The van der Waals surface area contributed by atoms with Crippen LogP contribution in [0, 0.1) is 11.3 Å². The summed E-state index contributed by atoms with van der Waals surface area (Å²) in [6, 6.07) is 9.98. The van der Waals surface area contributed by atoms with Gasteiger partial charge in [-0.2, -0.15) is 5.26 Å². The molecule has 0 aliphatic carbocycles. The summed E-state index contributed by atoms with van der Waals surface area (Å²) < 4.78 is 11.2. The number of hydrogen-bond acceptors (Lipinski definition) is 3. The highest BCUT2D eigenvalue weighted by atomic mass is 32.2. The molecule has 1 fully saturated rings. The molecule has 1 heterocycles. The zero-order valence-electron chi connectivity index (χ0n) is 8.98. The van der Waals surface area contributed by atoms with Crippen molar-refractivity contribution < 1.29 is 4.21 Å². The van der Waals surface area contributed by atoms with Gasteiger partial charge in [0.05, 0.1) is 11.6 Å². The van der Waals surface area contributed by atoms with E-state index in [1.807, 2.05) is 24.3 Å². The van der Waals surface area contributed by atoms with E-state index >= 15 is 0 Å². The molecule has 1 aliphatic rings. The first-order chi connectivity index (χ1) is 7.78. The summed E-state index contributed by atoms with van der Waals surface area (Å²) in [7, 11) is -0.607. The molecule has 4 heteroatoms. The summed E-state index contributed by atoms with van der Waals surface area (Å²) in [5, 5.41) is 12.1. The van der Waals surface area contributed by atoms with Gasteiger partial charge in [0.15, 0.2) is 0 Å². The van der Waals surface area contributed by atoms with Gasteiger partial charge in [-0.15, -0.1) is 0 Å². The molecule has 3 nitrogen and oxygen atoms in total. The Kier molecular flexibility index (Phi) is 3.58. The van der Waals surface area contributed by atoms with Crippen molar-refractivity contribution >= 4 is 16.5 Å². The van der Waals surface area contributed by atoms with E-state index in [2.05, 4.69) is 11.4 Å². The third-order valence-electron chi connectivity index (χ3n) is 2.77. The third-order valence-corrected chi connectivity index (χ3v) is 4.15. The van der Waals surface area contributed by atoms with Crippen LogP contribution in [0.25, 0.3) is 0 Å². The predicted molar refractivity (Wildman–Crippen MR) is 65.7 cm³/mol. The van der Waals surface area contributed by atoms with Crippen molar-refractivity contribution in [2.75, 3.05) is 16.8 Å². The van der Waals surface area contributed by atoms with Crippen molar-refractivity contribution in [1.29, 1.82) is 5.26 Å². The Morgan fingerprint density at radius 3 is 2.44 bits per heavy atom. The lowest BCUT2D eigenvalue weighted by Crippen LogP contribution is -2.29. The molecule has 0 bridgehead atoms. The van der Waals surface area contributed by atoms with Crippen molar-refractivity contribution in [3.8, 4) is 6.07 Å². The molecule has 1 N–H and O–H groups in total. The van der Waals surface area contributed by atoms with Crippen molar-refractivity contribution in [3.63, 3.8) is 0 Å². The van der Waals surface area contributed by atoms with E-state index in [0.29, 0.717) is 11.6 Å². The molecular formula is C12H14N2OS. The summed E-state index contributed by atoms with van der Waals surface area (Å²) in [5.74, 6) is 1.60. The Bertz CT molecular complexity index is 412. The second kappa shape index (κ2) is 5.13. The fourth-order valence-corrected chi connectivity index (χ4v) is 3.11. The molecule has 1 saturated heterocycles. The van der Waals surface area contributed by atoms with Gasteiger partial charge in [-0.1, -0.05) is 0 Å². The van der Waals surface area contributed by atoms with E-state index in [4.69, 9.17) is 5.26 Å². The molecule has 0 radical (unpaired) electrons. The Morgan fingerprint density at radius 2 is 1.88 bits per heavy atom. The number of nitriles is 1. The summed E-state index contributed by atoms with van der Waals surface area (Å²) in [5.41, 5.74) is 1.71. The van der Waals surface area contributed by atoms with Gasteiger partial charge in [0.25, 0.3) is 0 Å². The maximum atomic E-state index is 11.2. The zero-order chi connectivity index (χ0) is 11.4. The fraction of sp³-hybridized carbons (Fsp3) is 0.417. The molecule has 1 aromatic rings. The minimum Gasteiger partial charge on any atom is -0.382 e. The van der Waals surface area contributed by atoms with Crippen LogP contribution >= 0.6 is 0 Å². The highest BCUT2D eigenvalue weighted by molar-refractivity contribution is 7.85. The van der Waals surface area contributed by atoms with Gasteiger partial charge in [-0.05, 0) is 37.1 Å². The molecule has 1 aliphatic heterocycles. The minimum absolute atomic E-state index is 0.422. The first-order valence-electron chi connectivity index (χ1n) is 5.39. The smallest absolute Gasteiger partial charge is 0.0991 e. The molecule has 0 amide bonds. The highest BCUT2D eigenvalue weighted by Crippen LogP contribution is 2.16. The molecule has 2 rings (SSSR count). The van der Waals surface area contributed by atoms with Crippen LogP contribution < -0.4 is 5.32 Å². The summed E-state index contributed by atoms with van der Waals surface area (Å²) in [6.45, 7) is 0. The second-order valence-corrected chi connectivity index (χ2v) is 5.65. The molecule has 0 atom stereocenters. The standard InChI is InChI=1S/C12H14N2OS/c13-9-10-1-3-11(4-2-10)14-12-5-7-16(15)8-6-12/h1-4,12,14H,5-8H2. The van der Waals surface area contributed by atoms with Gasteiger partial charge in [0, 0.05) is 34.0 Å². The van der Waals surface area contributed by atoms with E-state index in [9.17, 15) is 4.21 Å². The monoisotopic (exact) mass is 234 g/mol. The van der Waals surface area contributed by atoms with E-state index in [1.165, 1.54) is 0 Å². The quantitative estimate of drug-likeness (QED) is 0.850. The third kappa shape index (κ3) is 2.83. The molecular weight excluding hydrogens is 220 g/mol. The molecule has 0 spiro atoms. The SMILES string of the molecule is N#Cc1ccc(NC2CCS(=O)CC2)cc1. The second-order valence-electron chi connectivity index (χ2n) is 3.96. The van der Waals surface area contributed by atoms with Gasteiger partial charge in [0.1, 0.15) is 0 Å². The maximum Gasteiger partial charge on any atom is 0.0991 e. The molecule has 0 saturated carbocycles. The zero-order valence-corrected chi connectivity index (χ0v) is 9.80. The molecule has 0 aromatic heterocycles. The molecule has 16 heavy (non-hydrogen) atoms. The van der Waals surface area contributed by atoms with Crippen LogP contribution in [-0.4, -0.2) is 21.8 Å². The van der Waals surface area contributed by atoms with Crippen LogP contribution in [-0.2, 0) is 10.8 Å². The number of nitrogens with zero attached hydrogens (tertiary/aromatic N) is 1. The molecule has 0 unspecified atom stereocenters. The predicted octanol–water partition coefficient (Wildman–Crippen LogP) is 1.88. The normalized spacial score (nSPS) is 24.7. The van der Waals surface area contributed by atoms with Gasteiger partial charge >= 0.3 is 0 Å². The summed E-state index contributed by atoms with van der Waals surface area (Å²) >= 11 is 0. The van der Waals surface area contributed by atoms with Gasteiger partial charge in [0.2, 0.25) is 0 Å². The van der Waals surface area contributed by atoms with Gasteiger partial charge in [-0.25, -0.2) is 0 Å². The van der Waals surface area contributed by atoms with E-state index in [-0.39, 0.29) is 0 Å². The lowest BCUT2D eigenvalue weighted by molar-refractivity contribution is 0.624. The Labute approximate surface area is 97.9 Å². The highest BCUT2D eigenvalue weighted by Gasteiger charge is 2.17. The van der Waals surface area contributed by atoms with Crippen LogP contribution in [0.1, 0.15) is 18.4 Å². The van der Waals surface area contributed by atoms with Crippen LogP contribution in [0.5, 0.6) is 0 Å². The number of benzene rings is 1. The molecule has 1 aromatic carbocycles. The van der Waals surface area contributed by atoms with Crippen molar-refractivity contribution in [1.82, 2.24) is 0 Å². The van der Waals surface area contributed by atoms with E-state index < -0.39 is 10.8 Å². The largest absolute Gasteiger partial charge is 0.382 e. The van der Waals surface area contributed by atoms with Crippen LogP contribution in [0.2, 0.25) is 0 Å². The summed E-state index contributed by atoms with van der Waals surface area (Å²) in [6.07, 6.45) is 1.93. The first-order valence-corrected chi connectivity index (χ1v) is 6.88. The minimum atomic E-state index is -0.607. The number of nitrogens with one attached hydrogen (secondary N) is 1. The number of anilines is 1. The van der Waals surface area contributed by atoms with Crippen LogP contribution in [0.3, 0.4) is 0 Å². The Hall–Kier alpha value is -1.34. The number of rotatable bonds is 2. The van der Waals surface area contributed by atoms with Crippen molar-refractivity contribution in [2.45, 2.75) is 18.9 Å². The van der Waals surface area contributed by atoms with Crippen molar-refractivity contribution in [3.05, 3.63) is 29.8 Å². The first kappa shape index (κ1) is 11.2. The van der Waals surface area contributed by atoms with E-state index in [0.717, 1.165) is 30.0 Å². The summed E-state index contributed by atoms with van der Waals surface area (Å²) in [4.78, 5) is 0. The van der Waals surface area contributed by atoms with Crippen molar-refractivity contribution in [2.24, 2.45) is 0 Å². The Balaban J connectivity index is 1.94. The Morgan fingerprint density at radius 1 is 1.25 bits per heavy atom. The van der Waals surface area contributed by atoms with Gasteiger partial charge < -0.3 is 5.32 Å².